The van der Waals surface area contributed by atoms with Gasteiger partial charge in [0.2, 0.25) is 0 Å². The Labute approximate surface area is 114 Å². The van der Waals surface area contributed by atoms with Crippen LogP contribution in [0, 0.1) is 6.92 Å². The molecular formula is C13H13F2N3O2. The van der Waals surface area contributed by atoms with E-state index in [0.717, 1.165) is 0 Å². The SMILES string of the molecule is Cc1nn(C)cc1NC(=O)c1cccc(OC(F)F)c1. The van der Waals surface area contributed by atoms with Crippen LogP contribution in [-0.4, -0.2) is 22.3 Å². The minimum absolute atomic E-state index is 0.0597. The quantitative estimate of drug-likeness (QED) is 0.937. The zero-order chi connectivity index (χ0) is 14.7. The highest BCUT2D eigenvalue weighted by atomic mass is 19.3. The Morgan fingerprint density at radius 3 is 2.80 bits per heavy atom. The van der Waals surface area contributed by atoms with E-state index in [2.05, 4.69) is 15.2 Å². The normalized spacial score (nSPS) is 10.7. The van der Waals surface area contributed by atoms with Crippen molar-refractivity contribution in [2.75, 3.05) is 5.32 Å². The van der Waals surface area contributed by atoms with Crippen LogP contribution >= 0.6 is 0 Å². The Kier molecular flexibility index (Phi) is 3.97. The summed E-state index contributed by atoms with van der Waals surface area (Å²) in [7, 11) is 1.74. The van der Waals surface area contributed by atoms with Gasteiger partial charge >= 0.3 is 6.61 Å². The van der Waals surface area contributed by atoms with Crippen LogP contribution in [0.5, 0.6) is 5.75 Å². The molecule has 0 spiro atoms. The van der Waals surface area contributed by atoms with Gasteiger partial charge in [0.05, 0.1) is 11.4 Å². The van der Waals surface area contributed by atoms with E-state index in [0.29, 0.717) is 11.4 Å². The van der Waals surface area contributed by atoms with E-state index in [9.17, 15) is 13.6 Å². The number of aryl methyl sites for hydroxylation is 2. The maximum atomic E-state index is 12.1. The van der Waals surface area contributed by atoms with Crippen LogP contribution in [0.25, 0.3) is 0 Å². The summed E-state index contributed by atoms with van der Waals surface area (Å²) in [5.74, 6) is -0.476. The van der Waals surface area contributed by atoms with Gasteiger partial charge < -0.3 is 10.1 Å². The minimum atomic E-state index is -2.92. The number of carbonyl (C=O) groups excluding carboxylic acids is 1. The van der Waals surface area contributed by atoms with Gasteiger partial charge in [-0.2, -0.15) is 13.9 Å². The molecule has 0 aliphatic carbocycles. The average molecular weight is 281 g/mol. The fourth-order valence-corrected chi connectivity index (χ4v) is 1.73. The van der Waals surface area contributed by atoms with Crippen molar-refractivity contribution in [1.82, 2.24) is 9.78 Å². The van der Waals surface area contributed by atoms with Gasteiger partial charge in [0, 0.05) is 18.8 Å². The molecule has 0 aliphatic rings. The third kappa shape index (κ3) is 3.31. The molecule has 20 heavy (non-hydrogen) atoms. The lowest BCUT2D eigenvalue weighted by molar-refractivity contribution is -0.0498. The fraction of sp³-hybridized carbons (Fsp3) is 0.231. The third-order valence-electron chi connectivity index (χ3n) is 2.58. The fourth-order valence-electron chi connectivity index (χ4n) is 1.73. The molecule has 0 atom stereocenters. The Hall–Kier alpha value is -2.44. The van der Waals surface area contributed by atoms with Crippen molar-refractivity contribution in [3.05, 3.63) is 41.7 Å². The molecular weight excluding hydrogens is 268 g/mol. The molecule has 0 bridgehead atoms. The first-order chi connectivity index (χ1) is 9.45. The zero-order valence-corrected chi connectivity index (χ0v) is 10.9. The van der Waals surface area contributed by atoms with Crippen LogP contribution < -0.4 is 10.1 Å². The van der Waals surface area contributed by atoms with Crippen molar-refractivity contribution in [2.45, 2.75) is 13.5 Å². The van der Waals surface area contributed by atoms with Crippen molar-refractivity contribution in [3.8, 4) is 5.75 Å². The Bertz CT molecular complexity index is 626. The summed E-state index contributed by atoms with van der Waals surface area (Å²) in [6, 6.07) is 5.60. The average Bonchev–Trinajstić information content (AvgIpc) is 2.67. The number of aromatic nitrogens is 2. The number of hydrogen-bond acceptors (Lipinski definition) is 3. The molecule has 2 rings (SSSR count). The zero-order valence-electron chi connectivity index (χ0n) is 10.9. The molecule has 5 nitrogen and oxygen atoms in total. The highest BCUT2D eigenvalue weighted by molar-refractivity contribution is 6.04. The molecule has 0 saturated carbocycles. The number of nitrogens with zero attached hydrogens (tertiary/aromatic N) is 2. The number of carbonyl (C=O) groups is 1. The largest absolute Gasteiger partial charge is 0.435 e. The van der Waals surface area contributed by atoms with E-state index < -0.39 is 12.5 Å². The molecule has 0 unspecified atom stereocenters. The first-order valence-electron chi connectivity index (χ1n) is 5.82. The maximum Gasteiger partial charge on any atom is 0.387 e. The van der Waals surface area contributed by atoms with E-state index in [4.69, 9.17) is 0 Å². The van der Waals surface area contributed by atoms with Gasteiger partial charge in [0.1, 0.15) is 5.75 Å². The molecule has 0 aliphatic heterocycles. The molecule has 1 aromatic carbocycles. The number of rotatable bonds is 4. The molecule has 7 heteroatoms. The number of hydrogen-bond donors (Lipinski definition) is 1. The smallest absolute Gasteiger partial charge is 0.387 e. The van der Waals surface area contributed by atoms with E-state index in [1.807, 2.05) is 0 Å². The number of benzene rings is 1. The number of ether oxygens (including phenoxy) is 1. The monoisotopic (exact) mass is 281 g/mol. The van der Waals surface area contributed by atoms with E-state index >= 15 is 0 Å². The Balaban J connectivity index is 2.15. The molecule has 1 aromatic heterocycles. The summed E-state index contributed by atoms with van der Waals surface area (Å²) in [6.45, 7) is -1.17. The summed E-state index contributed by atoms with van der Waals surface area (Å²) >= 11 is 0. The number of nitrogens with one attached hydrogen (secondary N) is 1. The molecule has 0 fully saturated rings. The first kappa shape index (κ1) is 14.0. The van der Waals surface area contributed by atoms with Crippen LogP contribution in [-0.2, 0) is 7.05 Å². The van der Waals surface area contributed by atoms with Gasteiger partial charge in [-0.15, -0.1) is 0 Å². The highest BCUT2D eigenvalue weighted by Crippen LogP contribution is 2.18. The minimum Gasteiger partial charge on any atom is -0.435 e. The standard InChI is InChI=1S/C13H13F2N3O2/c1-8-11(7-18(2)17-8)16-12(19)9-4-3-5-10(6-9)20-13(14)15/h3-7,13H,1-2H3,(H,16,19). The molecule has 0 saturated heterocycles. The molecule has 1 N–H and O–H groups in total. The van der Waals surface area contributed by atoms with Crippen molar-refractivity contribution in [1.29, 1.82) is 0 Å². The van der Waals surface area contributed by atoms with Crippen LogP contribution in [0.2, 0.25) is 0 Å². The lowest BCUT2D eigenvalue weighted by Crippen LogP contribution is -2.12. The van der Waals surface area contributed by atoms with Gasteiger partial charge in [-0.3, -0.25) is 9.48 Å². The first-order valence-corrected chi connectivity index (χ1v) is 5.82. The Morgan fingerprint density at radius 2 is 2.20 bits per heavy atom. The Morgan fingerprint density at radius 1 is 1.45 bits per heavy atom. The molecule has 106 valence electrons. The predicted molar refractivity (Wildman–Crippen MR) is 69.0 cm³/mol. The number of alkyl halides is 2. The van der Waals surface area contributed by atoms with Gasteiger partial charge in [-0.05, 0) is 25.1 Å². The molecule has 2 aromatic rings. The van der Waals surface area contributed by atoms with Crippen LogP contribution in [0.4, 0.5) is 14.5 Å². The molecule has 1 heterocycles. The predicted octanol–water partition coefficient (Wildman–Crippen LogP) is 2.58. The lowest BCUT2D eigenvalue weighted by atomic mass is 10.2. The highest BCUT2D eigenvalue weighted by Gasteiger charge is 2.12. The van der Waals surface area contributed by atoms with Crippen molar-refractivity contribution in [2.24, 2.45) is 7.05 Å². The number of anilines is 1. The maximum absolute atomic E-state index is 12.1. The summed E-state index contributed by atoms with van der Waals surface area (Å²) in [6.07, 6.45) is 1.66. The summed E-state index contributed by atoms with van der Waals surface area (Å²) < 4.78 is 30.1. The topological polar surface area (TPSA) is 56.2 Å². The van der Waals surface area contributed by atoms with Crippen molar-refractivity contribution >= 4 is 11.6 Å². The van der Waals surface area contributed by atoms with E-state index in [1.165, 1.54) is 24.3 Å². The van der Waals surface area contributed by atoms with Gasteiger partial charge in [-0.1, -0.05) is 6.07 Å². The number of halogens is 2. The third-order valence-corrected chi connectivity index (χ3v) is 2.58. The lowest BCUT2D eigenvalue weighted by Gasteiger charge is -2.07. The van der Waals surface area contributed by atoms with Crippen LogP contribution in [0.1, 0.15) is 16.1 Å². The van der Waals surface area contributed by atoms with Gasteiger partial charge in [-0.25, -0.2) is 0 Å². The van der Waals surface area contributed by atoms with Gasteiger partial charge in [0.25, 0.3) is 5.91 Å². The van der Waals surface area contributed by atoms with Crippen LogP contribution in [0.3, 0.4) is 0 Å². The second-order valence-corrected chi connectivity index (χ2v) is 4.16. The van der Waals surface area contributed by atoms with Gasteiger partial charge in [0.15, 0.2) is 0 Å². The van der Waals surface area contributed by atoms with E-state index in [-0.39, 0.29) is 11.3 Å². The summed E-state index contributed by atoms with van der Waals surface area (Å²) in [5, 5.41) is 6.76. The van der Waals surface area contributed by atoms with Crippen molar-refractivity contribution in [3.63, 3.8) is 0 Å². The van der Waals surface area contributed by atoms with E-state index in [1.54, 1.807) is 24.9 Å². The number of amides is 1. The molecule has 0 radical (unpaired) electrons. The second-order valence-electron chi connectivity index (χ2n) is 4.16. The van der Waals surface area contributed by atoms with Crippen LogP contribution in [0.15, 0.2) is 30.5 Å². The second kappa shape index (κ2) is 5.68. The summed E-state index contributed by atoms with van der Waals surface area (Å²) in [4.78, 5) is 12.0. The molecule has 1 amide bonds. The summed E-state index contributed by atoms with van der Waals surface area (Å²) in [5.41, 5.74) is 1.46. The van der Waals surface area contributed by atoms with Crippen molar-refractivity contribution < 1.29 is 18.3 Å².